The molecule has 8 heteroatoms. The number of carbonyl (C=O) groups is 2. The Balaban J connectivity index is 4.03. The van der Waals surface area contributed by atoms with Crippen molar-refractivity contribution in [1.29, 1.82) is 0 Å². The predicted octanol–water partition coefficient (Wildman–Crippen LogP) is 2.46. The second kappa shape index (κ2) is 8.16. The summed E-state index contributed by atoms with van der Waals surface area (Å²) in [5, 5.41) is 6.29. The van der Waals surface area contributed by atoms with Gasteiger partial charge in [0.15, 0.2) is 0 Å². The Bertz CT molecular complexity index is 267. The van der Waals surface area contributed by atoms with Crippen LogP contribution in [0.5, 0.6) is 0 Å². The van der Waals surface area contributed by atoms with Gasteiger partial charge < -0.3 is 8.85 Å². The normalized spacial score (nSPS) is 11.1. The summed E-state index contributed by atoms with van der Waals surface area (Å²) < 4.78 is 9.85. The zero-order chi connectivity index (χ0) is 12.6. The molecule has 0 fully saturated rings. The number of carbonyl (C=O) groups excluding carboxylic acids is 2. The van der Waals surface area contributed by atoms with Crippen molar-refractivity contribution in [3.63, 3.8) is 0 Å². The highest BCUT2D eigenvalue weighted by atomic mass is 28.3. The highest BCUT2D eigenvalue weighted by molar-refractivity contribution is 6.53. The summed E-state index contributed by atoms with van der Waals surface area (Å²) in [6.45, 7) is 7.57. The molecule has 0 aromatic rings. The first-order valence-corrected chi connectivity index (χ1v) is 10.2. The topological polar surface area (TPSA) is 77.3 Å². The molecule has 92 valence electrons. The van der Waals surface area contributed by atoms with Gasteiger partial charge in [0.25, 0.3) is 0 Å². The van der Waals surface area contributed by atoms with Crippen LogP contribution in [0.15, 0.2) is 10.2 Å². The van der Waals surface area contributed by atoms with Crippen molar-refractivity contribution < 1.29 is 18.4 Å². The third kappa shape index (κ3) is 7.29. The molecule has 16 heavy (non-hydrogen) atoms. The molecule has 0 unspecified atom stereocenters. The highest BCUT2D eigenvalue weighted by Gasteiger charge is 2.12. The van der Waals surface area contributed by atoms with Gasteiger partial charge in [-0.25, -0.2) is 9.59 Å². The van der Waals surface area contributed by atoms with Crippen molar-refractivity contribution >= 4 is 30.3 Å². The molecule has 0 bridgehead atoms. The number of nitrogens with zero attached hydrogens (tertiary/aromatic N) is 2. The van der Waals surface area contributed by atoms with Crippen LogP contribution in [-0.4, -0.2) is 30.3 Å². The van der Waals surface area contributed by atoms with Crippen LogP contribution in [-0.2, 0) is 8.85 Å². The summed E-state index contributed by atoms with van der Waals surface area (Å²) in [5.41, 5.74) is 0. The van der Waals surface area contributed by atoms with Gasteiger partial charge >= 0.3 is 12.2 Å². The molecule has 0 aromatic heterocycles. The van der Waals surface area contributed by atoms with Gasteiger partial charge in [-0.3, -0.25) is 0 Å². The summed E-state index contributed by atoms with van der Waals surface area (Å²) in [5.74, 6) is 0. The molecular weight excluding hydrogens is 244 g/mol. The standard InChI is InChI=1S/C8H18N2O4Si2/c1-5-16(6-2)14-8(12)10-9-7(11)13-15(3)4/h15-16H,5-6H2,1-4H3. The second-order valence-corrected chi connectivity index (χ2v) is 8.90. The molecule has 0 aromatic carbocycles. The minimum absolute atomic E-state index is 0.789. The number of amides is 2. The zero-order valence-electron chi connectivity index (χ0n) is 10.1. The molecule has 0 heterocycles. The van der Waals surface area contributed by atoms with Gasteiger partial charge in [-0.15, -0.1) is 0 Å². The maximum Gasteiger partial charge on any atom is 0.438 e. The van der Waals surface area contributed by atoms with E-state index in [2.05, 4.69) is 10.2 Å². The predicted molar refractivity (Wildman–Crippen MR) is 64.8 cm³/mol. The highest BCUT2D eigenvalue weighted by Crippen LogP contribution is 2.02. The average molecular weight is 262 g/mol. The maximum atomic E-state index is 11.1. The van der Waals surface area contributed by atoms with Gasteiger partial charge in [-0.05, 0) is 25.2 Å². The molecule has 0 saturated heterocycles. The first-order chi connectivity index (χ1) is 7.49. The largest absolute Gasteiger partial charge is 0.504 e. The van der Waals surface area contributed by atoms with E-state index in [0.29, 0.717) is 0 Å². The molecule has 0 saturated carbocycles. The lowest BCUT2D eigenvalue weighted by atomic mass is 10.9. The van der Waals surface area contributed by atoms with Crippen LogP contribution in [0.1, 0.15) is 13.8 Å². The van der Waals surface area contributed by atoms with E-state index in [4.69, 9.17) is 8.85 Å². The van der Waals surface area contributed by atoms with E-state index in [-0.39, 0.29) is 0 Å². The molecule has 0 aliphatic heterocycles. The fraction of sp³-hybridized carbons (Fsp3) is 0.750. The van der Waals surface area contributed by atoms with Crippen LogP contribution in [0.2, 0.25) is 25.2 Å². The Kier molecular flexibility index (Phi) is 7.64. The van der Waals surface area contributed by atoms with Crippen LogP contribution in [0.3, 0.4) is 0 Å². The van der Waals surface area contributed by atoms with Crippen LogP contribution in [0.25, 0.3) is 0 Å². The quantitative estimate of drug-likeness (QED) is 0.576. The Morgan fingerprint density at radius 2 is 1.44 bits per heavy atom. The molecule has 0 N–H and O–H groups in total. The lowest BCUT2D eigenvalue weighted by molar-refractivity contribution is 0.200. The van der Waals surface area contributed by atoms with E-state index in [1.54, 1.807) is 0 Å². The van der Waals surface area contributed by atoms with Crippen LogP contribution in [0, 0.1) is 0 Å². The van der Waals surface area contributed by atoms with Crippen LogP contribution in [0.4, 0.5) is 9.59 Å². The lowest BCUT2D eigenvalue weighted by Crippen LogP contribution is -2.18. The van der Waals surface area contributed by atoms with Crippen molar-refractivity contribution in [2.24, 2.45) is 10.2 Å². The summed E-state index contributed by atoms with van der Waals surface area (Å²) >= 11 is 0. The molecule has 0 rings (SSSR count). The minimum atomic E-state index is -1.49. The molecular formula is C8H18N2O4Si2. The van der Waals surface area contributed by atoms with Gasteiger partial charge in [0, 0.05) is 0 Å². The van der Waals surface area contributed by atoms with Crippen molar-refractivity contribution in [3.05, 3.63) is 0 Å². The number of rotatable bonds is 4. The lowest BCUT2D eigenvalue weighted by Gasteiger charge is -2.08. The Morgan fingerprint density at radius 1 is 1.00 bits per heavy atom. The third-order valence-electron chi connectivity index (χ3n) is 1.73. The summed E-state index contributed by atoms with van der Waals surface area (Å²) in [7, 11) is -2.97. The third-order valence-corrected chi connectivity index (χ3v) is 4.76. The van der Waals surface area contributed by atoms with Gasteiger partial charge in [0.1, 0.15) is 0 Å². The van der Waals surface area contributed by atoms with Gasteiger partial charge in [0.05, 0.1) is 0 Å². The molecule has 0 spiro atoms. The van der Waals surface area contributed by atoms with Crippen molar-refractivity contribution in [2.75, 3.05) is 0 Å². The van der Waals surface area contributed by atoms with E-state index < -0.39 is 30.3 Å². The van der Waals surface area contributed by atoms with Crippen molar-refractivity contribution in [3.8, 4) is 0 Å². The van der Waals surface area contributed by atoms with Gasteiger partial charge in [-0.2, -0.15) is 0 Å². The summed E-state index contributed by atoms with van der Waals surface area (Å²) in [6, 6.07) is 1.70. The van der Waals surface area contributed by atoms with Crippen molar-refractivity contribution in [1.82, 2.24) is 0 Å². The van der Waals surface area contributed by atoms with E-state index in [0.717, 1.165) is 12.1 Å². The number of azo groups is 1. The summed E-state index contributed by atoms with van der Waals surface area (Å²) in [6.07, 6.45) is -1.60. The number of hydrogen-bond donors (Lipinski definition) is 0. The SMILES string of the molecule is CC[SiH](CC)OC(=O)N=NC(=O)O[SiH](C)C. The zero-order valence-corrected chi connectivity index (χ0v) is 12.4. The average Bonchev–Trinajstić information content (AvgIpc) is 2.22. The summed E-state index contributed by atoms with van der Waals surface area (Å²) in [4.78, 5) is 22.1. The first-order valence-electron chi connectivity index (χ1n) is 5.32. The Hall–Kier alpha value is -1.03. The van der Waals surface area contributed by atoms with E-state index in [1.807, 2.05) is 26.9 Å². The Morgan fingerprint density at radius 3 is 1.81 bits per heavy atom. The maximum absolute atomic E-state index is 11.1. The van der Waals surface area contributed by atoms with Crippen LogP contribution < -0.4 is 0 Å². The fourth-order valence-electron chi connectivity index (χ4n) is 0.928. The van der Waals surface area contributed by atoms with E-state index >= 15 is 0 Å². The first kappa shape index (κ1) is 15.0. The minimum Gasteiger partial charge on any atom is -0.504 e. The molecule has 0 atom stereocenters. The molecule has 2 amide bonds. The fourth-order valence-corrected chi connectivity index (χ4v) is 2.62. The molecule has 0 aliphatic rings. The molecule has 0 radical (unpaired) electrons. The Labute approximate surface area is 98.5 Å². The molecule has 6 nitrogen and oxygen atoms in total. The van der Waals surface area contributed by atoms with Crippen LogP contribution >= 0.6 is 0 Å². The van der Waals surface area contributed by atoms with Crippen molar-refractivity contribution in [2.45, 2.75) is 39.0 Å². The number of hydrogen-bond acceptors (Lipinski definition) is 4. The second-order valence-electron chi connectivity index (χ2n) is 3.45. The monoisotopic (exact) mass is 262 g/mol. The molecule has 0 aliphatic carbocycles. The smallest absolute Gasteiger partial charge is 0.438 e. The van der Waals surface area contributed by atoms with E-state index in [1.165, 1.54) is 0 Å². The van der Waals surface area contributed by atoms with E-state index in [9.17, 15) is 9.59 Å². The van der Waals surface area contributed by atoms with Gasteiger partial charge in [-0.1, -0.05) is 24.1 Å². The van der Waals surface area contributed by atoms with Gasteiger partial charge in [0.2, 0.25) is 18.1 Å².